The van der Waals surface area contributed by atoms with Crippen molar-refractivity contribution in [2.24, 2.45) is 10.9 Å². The van der Waals surface area contributed by atoms with E-state index in [1.165, 1.54) is 18.7 Å². The summed E-state index contributed by atoms with van der Waals surface area (Å²) in [6.07, 6.45) is 4.75. The number of hydrogen-bond acceptors (Lipinski definition) is 12. The van der Waals surface area contributed by atoms with Gasteiger partial charge in [0.1, 0.15) is 38.2 Å². The number of rotatable bonds is 12. The predicted octanol–water partition coefficient (Wildman–Crippen LogP) is -0.00270. The summed E-state index contributed by atoms with van der Waals surface area (Å²) in [5.74, 6) is -3.92. The van der Waals surface area contributed by atoms with E-state index in [2.05, 4.69) is 20.4 Å². The minimum atomic E-state index is -1.41. The summed E-state index contributed by atoms with van der Waals surface area (Å²) in [7, 11) is 0. The third-order valence-electron chi connectivity index (χ3n) is 6.82. The number of nitrogen functional groups attached to an aromatic ring is 1. The number of hydrogen-bond donors (Lipinski definition) is 5. The number of nitrogens with one attached hydrogen (secondary N) is 1. The van der Waals surface area contributed by atoms with Gasteiger partial charge in [0.25, 0.3) is 11.8 Å². The van der Waals surface area contributed by atoms with Gasteiger partial charge in [0, 0.05) is 23.9 Å². The molecule has 1 saturated heterocycles. The number of carboxylic acids is 2. The molecule has 19 heteroatoms. The zero-order valence-corrected chi connectivity index (χ0v) is 25.4. The number of carbonyl (C=O) groups is 4. The second kappa shape index (κ2) is 12.8. The van der Waals surface area contributed by atoms with E-state index < -0.39 is 47.0 Å². The Balaban J connectivity index is 1.36. The van der Waals surface area contributed by atoms with Crippen molar-refractivity contribution in [3.8, 4) is 0 Å². The molecule has 0 saturated carbocycles. The second-order valence-corrected chi connectivity index (χ2v) is 12.5. The summed E-state index contributed by atoms with van der Waals surface area (Å²) in [4.78, 5) is 64.6. The Morgan fingerprint density at radius 2 is 2.14 bits per heavy atom. The molecule has 3 aromatic rings. The summed E-state index contributed by atoms with van der Waals surface area (Å²) in [5, 5.41) is 24.7. The van der Waals surface area contributed by atoms with Gasteiger partial charge >= 0.3 is 11.9 Å². The highest BCUT2D eigenvalue weighted by atomic mass is 35.5. The van der Waals surface area contributed by atoms with Crippen LogP contribution in [-0.2, 0) is 37.1 Å². The summed E-state index contributed by atoms with van der Waals surface area (Å²) in [6, 6.07) is 0.720. The van der Waals surface area contributed by atoms with Gasteiger partial charge in [0.15, 0.2) is 29.8 Å². The molecule has 2 aliphatic rings. The first-order valence-electron chi connectivity index (χ1n) is 13.1. The van der Waals surface area contributed by atoms with E-state index in [1.807, 2.05) is 21.4 Å². The van der Waals surface area contributed by atoms with E-state index in [-0.39, 0.29) is 33.2 Å². The number of imidazole rings is 1. The van der Waals surface area contributed by atoms with E-state index in [9.17, 15) is 24.3 Å². The van der Waals surface area contributed by atoms with Gasteiger partial charge in [-0.2, -0.15) is 4.57 Å². The standard InChI is InChI=1S/C25H26ClN9O7S2/c1-11(23(38)39)42-32-16(15-19(26)44-25(28)31-15)20(36)30-17-21(37)35-18(24(40)41)12(9-43-22(17)35)7-33-6-3-13-14(8-33)34(10-29-13)5-2-4-27/h3,6,8,10-11,17,22H,2,4-5,7,9,27H2,1H3,(H4-,28,30,31,36,38,39,40,41)/p+1/t11-,17+,22?/m0/s1. The average Bonchev–Trinajstić information content (AvgIpc) is 3.55. The first-order chi connectivity index (χ1) is 21.0. The maximum absolute atomic E-state index is 13.3. The van der Waals surface area contributed by atoms with Crippen LogP contribution in [0.3, 0.4) is 0 Å². The van der Waals surface area contributed by atoms with Crippen LogP contribution in [0.1, 0.15) is 19.0 Å². The topological polar surface area (TPSA) is 232 Å². The highest BCUT2D eigenvalue weighted by Crippen LogP contribution is 2.40. The number of pyridine rings is 1. The van der Waals surface area contributed by atoms with Crippen molar-refractivity contribution in [2.45, 2.75) is 44.0 Å². The molecule has 2 aliphatic heterocycles. The molecule has 0 radical (unpaired) electrons. The van der Waals surface area contributed by atoms with Crippen molar-refractivity contribution in [1.82, 2.24) is 24.8 Å². The van der Waals surface area contributed by atoms with Gasteiger partial charge in [-0.15, -0.1) is 11.8 Å². The molecule has 5 heterocycles. The van der Waals surface area contributed by atoms with Crippen molar-refractivity contribution in [3.63, 3.8) is 0 Å². The number of aromatic nitrogens is 4. The summed E-state index contributed by atoms with van der Waals surface area (Å²) >= 11 is 8.31. The minimum Gasteiger partial charge on any atom is -0.478 e. The van der Waals surface area contributed by atoms with Crippen LogP contribution in [0, 0.1) is 0 Å². The van der Waals surface area contributed by atoms with Crippen LogP contribution < -0.4 is 21.4 Å². The second-order valence-electron chi connectivity index (χ2n) is 9.79. The summed E-state index contributed by atoms with van der Waals surface area (Å²) in [6.45, 7) is 2.63. The molecule has 232 valence electrons. The van der Waals surface area contributed by atoms with Crippen LogP contribution >= 0.6 is 34.7 Å². The van der Waals surface area contributed by atoms with Crippen molar-refractivity contribution in [1.29, 1.82) is 0 Å². The molecule has 44 heavy (non-hydrogen) atoms. The lowest BCUT2D eigenvalue weighted by Crippen LogP contribution is -2.71. The van der Waals surface area contributed by atoms with Crippen LogP contribution in [0.25, 0.3) is 11.0 Å². The fraction of sp³-hybridized carbons (Fsp3) is 0.360. The number of thiazole rings is 1. The van der Waals surface area contributed by atoms with Crippen LogP contribution in [0.5, 0.6) is 0 Å². The molecular formula is C25H27ClN9O7S2+. The highest BCUT2D eigenvalue weighted by molar-refractivity contribution is 8.00. The SMILES string of the molecule is C[C@H](ON=C(C(=O)N[C@@H]1C(=O)N2C(C(=O)O)=C(C[n+]3ccc4ncn(CCCN)c4c3)CSC12)c1nc(N)sc1Cl)C(=O)O. The summed E-state index contributed by atoms with van der Waals surface area (Å²) in [5.41, 5.74) is 12.7. The van der Waals surface area contributed by atoms with E-state index >= 15 is 0 Å². The van der Waals surface area contributed by atoms with Crippen molar-refractivity contribution in [3.05, 3.63) is 46.1 Å². The van der Waals surface area contributed by atoms with Crippen LogP contribution in [0.2, 0.25) is 4.34 Å². The van der Waals surface area contributed by atoms with Gasteiger partial charge in [-0.3, -0.25) is 14.5 Å². The molecular weight excluding hydrogens is 638 g/mol. The molecule has 16 nitrogen and oxygen atoms in total. The number of nitrogens with two attached hydrogens (primary N) is 2. The number of anilines is 1. The van der Waals surface area contributed by atoms with Crippen LogP contribution in [0.15, 0.2) is 41.2 Å². The highest BCUT2D eigenvalue weighted by Gasteiger charge is 2.55. The monoisotopic (exact) mass is 664 g/mol. The maximum atomic E-state index is 13.3. The number of nitrogens with zero attached hydrogens (tertiary/aromatic N) is 6. The number of aryl methyl sites for hydroxylation is 1. The Morgan fingerprint density at radius 1 is 1.36 bits per heavy atom. The van der Waals surface area contributed by atoms with E-state index in [0.717, 1.165) is 33.7 Å². The molecule has 3 atom stereocenters. The van der Waals surface area contributed by atoms with Gasteiger partial charge in [0.2, 0.25) is 6.10 Å². The summed E-state index contributed by atoms with van der Waals surface area (Å²) < 4.78 is 3.80. The third-order valence-corrected chi connectivity index (χ3v) is 9.25. The van der Waals surface area contributed by atoms with Gasteiger partial charge in [-0.1, -0.05) is 28.1 Å². The molecule has 0 bridgehead atoms. The fourth-order valence-corrected chi connectivity index (χ4v) is 6.91. The zero-order chi connectivity index (χ0) is 31.7. The molecule has 0 spiro atoms. The molecule has 5 rings (SSSR count). The number of halogens is 1. The predicted molar refractivity (Wildman–Crippen MR) is 160 cm³/mol. The van der Waals surface area contributed by atoms with Crippen molar-refractivity contribution >= 4 is 80.3 Å². The lowest BCUT2D eigenvalue weighted by atomic mass is 10.0. The molecule has 0 aliphatic carbocycles. The number of oxime groups is 1. The molecule has 7 N–H and O–H groups in total. The molecule has 1 unspecified atom stereocenters. The Bertz CT molecular complexity index is 1720. The molecule has 3 aromatic heterocycles. The normalized spacial score (nSPS) is 19.0. The Morgan fingerprint density at radius 3 is 2.80 bits per heavy atom. The Labute approximate surface area is 262 Å². The lowest BCUT2D eigenvalue weighted by molar-refractivity contribution is -0.687. The number of carboxylic acid groups (broad SMARTS) is 2. The first-order valence-corrected chi connectivity index (χ1v) is 15.4. The van der Waals surface area contributed by atoms with E-state index in [1.54, 1.807) is 12.5 Å². The number of aliphatic carboxylic acids is 2. The van der Waals surface area contributed by atoms with Crippen LogP contribution in [-0.4, -0.2) is 88.9 Å². The number of carbonyl (C=O) groups excluding carboxylic acids is 2. The van der Waals surface area contributed by atoms with Gasteiger partial charge in [0.05, 0.1) is 6.33 Å². The zero-order valence-electron chi connectivity index (χ0n) is 23.0. The van der Waals surface area contributed by atoms with E-state index in [4.69, 9.17) is 33.0 Å². The number of thioether (sulfide) groups is 1. The molecule has 0 aromatic carbocycles. The average molecular weight is 665 g/mol. The van der Waals surface area contributed by atoms with Gasteiger partial charge in [-0.25, -0.2) is 19.6 Å². The molecule has 1 fully saturated rings. The Kier molecular flexibility index (Phi) is 9.05. The smallest absolute Gasteiger partial charge is 0.352 e. The van der Waals surface area contributed by atoms with E-state index in [0.29, 0.717) is 18.7 Å². The third kappa shape index (κ3) is 6.05. The number of β-lactam (4-membered cyclic amide) rings is 1. The largest absolute Gasteiger partial charge is 0.478 e. The lowest BCUT2D eigenvalue weighted by Gasteiger charge is -2.49. The maximum Gasteiger partial charge on any atom is 0.352 e. The Hall–Kier alpha value is -4.26. The first kappa shape index (κ1) is 31.2. The molecule has 2 amide bonds. The minimum absolute atomic E-state index is 0.00422. The quantitative estimate of drug-likeness (QED) is 0.0745. The fourth-order valence-electron chi connectivity index (χ4n) is 4.65. The number of fused-ring (bicyclic) bond motifs is 2. The van der Waals surface area contributed by atoms with Crippen molar-refractivity contribution in [2.75, 3.05) is 18.0 Å². The van der Waals surface area contributed by atoms with Crippen LogP contribution in [0.4, 0.5) is 5.13 Å². The van der Waals surface area contributed by atoms with Gasteiger partial charge < -0.3 is 36.4 Å². The number of amides is 2. The van der Waals surface area contributed by atoms with Crippen molar-refractivity contribution < 1.29 is 38.8 Å². The van der Waals surface area contributed by atoms with Gasteiger partial charge in [-0.05, 0) is 19.9 Å².